The zero-order valence-electron chi connectivity index (χ0n) is 13.1. The molecule has 0 aliphatic heterocycles. The Hall–Kier alpha value is -1.72. The molecule has 0 saturated heterocycles. The molecule has 3 nitrogen and oxygen atoms in total. The van der Waals surface area contributed by atoms with Gasteiger partial charge in [-0.3, -0.25) is 0 Å². The van der Waals surface area contributed by atoms with Crippen molar-refractivity contribution < 1.29 is 12.8 Å². The number of hydrogen-bond acceptors (Lipinski definition) is 2. The molecular weight excluding hydrogens is 301 g/mol. The van der Waals surface area contributed by atoms with Gasteiger partial charge in [0.2, 0.25) is 10.0 Å². The van der Waals surface area contributed by atoms with Crippen LogP contribution in [0.15, 0.2) is 41.3 Å². The Bertz CT molecular complexity index is 800. The topological polar surface area (TPSA) is 46.2 Å². The van der Waals surface area contributed by atoms with Crippen LogP contribution in [0, 0.1) is 26.6 Å². The summed E-state index contributed by atoms with van der Waals surface area (Å²) in [4.78, 5) is 0.0722. The molecule has 0 radical (unpaired) electrons. The summed E-state index contributed by atoms with van der Waals surface area (Å²) in [5, 5.41) is 0. The molecule has 1 atom stereocenters. The van der Waals surface area contributed by atoms with Crippen LogP contribution < -0.4 is 4.72 Å². The van der Waals surface area contributed by atoms with E-state index in [2.05, 4.69) is 4.72 Å². The summed E-state index contributed by atoms with van der Waals surface area (Å²) >= 11 is 0. The fraction of sp³-hybridized carbons (Fsp3) is 0.294. The first kappa shape index (κ1) is 16.6. The van der Waals surface area contributed by atoms with Gasteiger partial charge in [-0.2, -0.15) is 0 Å². The lowest BCUT2D eigenvalue weighted by Crippen LogP contribution is -2.27. The Morgan fingerprint density at radius 3 is 2.27 bits per heavy atom. The maximum absolute atomic E-state index is 13.3. The van der Waals surface area contributed by atoms with Crippen molar-refractivity contribution in [3.8, 4) is 0 Å². The smallest absolute Gasteiger partial charge is 0.207 e. The van der Waals surface area contributed by atoms with Crippen LogP contribution in [0.5, 0.6) is 0 Å². The molecule has 0 heterocycles. The molecule has 22 heavy (non-hydrogen) atoms. The van der Waals surface area contributed by atoms with Gasteiger partial charge in [0.05, 0.1) is 4.90 Å². The lowest BCUT2D eigenvalue weighted by molar-refractivity contribution is 0.565. The minimum absolute atomic E-state index is 0.0722. The highest BCUT2D eigenvalue weighted by molar-refractivity contribution is 7.89. The summed E-state index contributed by atoms with van der Waals surface area (Å²) in [5.74, 6) is -0.415. The summed E-state index contributed by atoms with van der Waals surface area (Å²) in [6, 6.07) is 9.32. The molecule has 0 aliphatic rings. The number of hydrogen-bond donors (Lipinski definition) is 1. The highest BCUT2D eigenvalue weighted by Crippen LogP contribution is 2.22. The van der Waals surface area contributed by atoms with Gasteiger partial charge in [-0.05, 0) is 62.6 Å². The molecule has 0 amide bonds. The number of rotatable bonds is 4. The lowest BCUT2D eigenvalue weighted by atomic mass is 10.0. The third-order valence-electron chi connectivity index (χ3n) is 3.66. The first-order chi connectivity index (χ1) is 10.2. The van der Waals surface area contributed by atoms with Gasteiger partial charge in [0.1, 0.15) is 5.82 Å². The molecule has 0 spiro atoms. The van der Waals surface area contributed by atoms with Crippen LogP contribution in [0.3, 0.4) is 0 Å². The average Bonchev–Trinajstić information content (AvgIpc) is 2.40. The van der Waals surface area contributed by atoms with Gasteiger partial charge in [-0.15, -0.1) is 0 Å². The minimum Gasteiger partial charge on any atom is -0.207 e. The van der Waals surface area contributed by atoms with E-state index in [0.717, 1.165) is 16.7 Å². The summed E-state index contributed by atoms with van der Waals surface area (Å²) in [5.41, 5.74) is 3.39. The predicted molar refractivity (Wildman–Crippen MR) is 85.8 cm³/mol. The Morgan fingerprint density at radius 2 is 1.68 bits per heavy atom. The van der Waals surface area contributed by atoms with E-state index in [1.807, 2.05) is 32.0 Å². The third kappa shape index (κ3) is 3.54. The van der Waals surface area contributed by atoms with E-state index >= 15 is 0 Å². The van der Waals surface area contributed by atoms with E-state index in [0.29, 0.717) is 5.56 Å². The third-order valence-corrected chi connectivity index (χ3v) is 5.20. The van der Waals surface area contributed by atoms with Crippen LogP contribution in [0.25, 0.3) is 0 Å². The zero-order chi connectivity index (χ0) is 16.5. The number of sulfonamides is 1. The van der Waals surface area contributed by atoms with Crippen molar-refractivity contribution in [2.24, 2.45) is 0 Å². The van der Waals surface area contributed by atoms with Crippen LogP contribution in [0.2, 0.25) is 0 Å². The second-order valence-electron chi connectivity index (χ2n) is 5.61. The van der Waals surface area contributed by atoms with E-state index in [4.69, 9.17) is 0 Å². The van der Waals surface area contributed by atoms with Crippen LogP contribution in [0.1, 0.15) is 35.2 Å². The molecule has 0 aromatic heterocycles. The Labute approximate surface area is 131 Å². The molecule has 2 aromatic rings. The maximum atomic E-state index is 13.3. The molecular formula is C17H20FNO2S. The SMILES string of the molecule is Cc1ccc([C@H](C)NS(=O)(=O)c2ccc(F)c(C)c2)c(C)c1. The first-order valence-electron chi connectivity index (χ1n) is 7.06. The largest absolute Gasteiger partial charge is 0.241 e. The molecule has 0 bridgehead atoms. The average molecular weight is 321 g/mol. The van der Waals surface area contributed by atoms with E-state index < -0.39 is 15.8 Å². The summed E-state index contributed by atoms with van der Waals surface area (Å²) < 4.78 is 40.8. The minimum atomic E-state index is -3.69. The van der Waals surface area contributed by atoms with E-state index in [1.165, 1.54) is 18.2 Å². The second-order valence-corrected chi connectivity index (χ2v) is 7.33. The number of aryl methyl sites for hydroxylation is 3. The van der Waals surface area contributed by atoms with Crippen molar-refractivity contribution in [2.45, 2.75) is 38.6 Å². The van der Waals surface area contributed by atoms with Gasteiger partial charge < -0.3 is 0 Å². The first-order valence-corrected chi connectivity index (χ1v) is 8.54. The maximum Gasteiger partial charge on any atom is 0.241 e. The van der Waals surface area contributed by atoms with Crippen LogP contribution >= 0.6 is 0 Å². The molecule has 2 rings (SSSR count). The zero-order valence-corrected chi connectivity index (χ0v) is 14.0. The van der Waals surface area contributed by atoms with Crippen LogP contribution in [-0.4, -0.2) is 8.42 Å². The standard InChI is InChI=1S/C17H20FNO2S/c1-11-5-7-16(12(2)9-11)14(4)19-22(20,21)15-6-8-17(18)13(3)10-15/h5-10,14,19H,1-4H3/t14-/m0/s1. The second kappa shape index (κ2) is 6.18. The Morgan fingerprint density at radius 1 is 1.00 bits per heavy atom. The monoisotopic (exact) mass is 321 g/mol. The quantitative estimate of drug-likeness (QED) is 0.931. The molecule has 2 aromatic carbocycles. The van der Waals surface area contributed by atoms with Crippen molar-refractivity contribution in [1.82, 2.24) is 4.72 Å². The van der Waals surface area contributed by atoms with E-state index in [1.54, 1.807) is 13.8 Å². The van der Waals surface area contributed by atoms with E-state index in [-0.39, 0.29) is 10.9 Å². The van der Waals surface area contributed by atoms with Gasteiger partial charge in [0, 0.05) is 6.04 Å². The molecule has 1 N–H and O–H groups in total. The van der Waals surface area contributed by atoms with Gasteiger partial charge in [-0.1, -0.05) is 23.8 Å². The van der Waals surface area contributed by atoms with Crippen LogP contribution in [-0.2, 0) is 10.0 Å². The summed E-state index contributed by atoms with van der Waals surface area (Å²) in [7, 11) is -3.69. The van der Waals surface area contributed by atoms with Crippen molar-refractivity contribution in [3.63, 3.8) is 0 Å². The summed E-state index contributed by atoms with van der Waals surface area (Å²) in [6.45, 7) is 7.29. The number of halogens is 1. The lowest BCUT2D eigenvalue weighted by Gasteiger charge is -2.17. The van der Waals surface area contributed by atoms with Crippen molar-refractivity contribution in [3.05, 3.63) is 64.5 Å². The Balaban J connectivity index is 2.29. The highest BCUT2D eigenvalue weighted by atomic mass is 32.2. The fourth-order valence-electron chi connectivity index (χ4n) is 2.46. The van der Waals surface area contributed by atoms with Gasteiger partial charge in [0.25, 0.3) is 0 Å². The van der Waals surface area contributed by atoms with Crippen molar-refractivity contribution >= 4 is 10.0 Å². The highest BCUT2D eigenvalue weighted by Gasteiger charge is 2.20. The predicted octanol–water partition coefficient (Wildman–Crippen LogP) is 3.79. The Kier molecular flexibility index (Phi) is 4.68. The molecule has 0 fully saturated rings. The summed E-state index contributed by atoms with van der Waals surface area (Å²) in [6.07, 6.45) is 0. The number of benzene rings is 2. The van der Waals surface area contributed by atoms with E-state index in [9.17, 15) is 12.8 Å². The van der Waals surface area contributed by atoms with Crippen molar-refractivity contribution in [1.29, 1.82) is 0 Å². The van der Waals surface area contributed by atoms with Gasteiger partial charge in [0.15, 0.2) is 0 Å². The van der Waals surface area contributed by atoms with Crippen molar-refractivity contribution in [2.75, 3.05) is 0 Å². The molecule has 0 unspecified atom stereocenters. The van der Waals surface area contributed by atoms with Crippen LogP contribution in [0.4, 0.5) is 4.39 Å². The normalized spacial score (nSPS) is 13.1. The molecule has 0 saturated carbocycles. The van der Waals surface area contributed by atoms with Gasteiger partial charge >= 0.3 is 0 Å². The molecule has 118 valence electrons. The molecule has 5 heteroatoms. The fourth-order valence-corrected chi connectivity index (χ4v) is 3.77. The molecule has 0 aliphatic carbocycles. The number of nitrogens with one attached hydrogen (secondary N) is 1. The van der Waals surface area contributed by atoms with Gasteiger partial charge in [-0.25, -0.2) is 17.5 Å².